The summed E-state index contributed by atoms with van der Waals surface area (Å²) in [5, 5.41) is 17.5. The first-order valence-electron chi connectivity index (χ1n) is 23.9. The zero-order valence-electron chi connectivity index (χ0n) is 38.6. The monoisotopic (exact) mass is 925 g/mol. The van der Waals surface area contributed by atoms with Gasteiger partial charge in [0.05, 0.1) is 31.4 Å². The molecule has 6 aliphatic rings. The summed E-state index contributed by atoms with van der Waals surface area (Å²) in [7, 11) is 0. The second-order valence-corrected chi connectivity index (χ2v) is 20.0. The molecule has 2 bridgehead atoms. The molecule has 4 saturated heterocycles. The third kappa shape index (κ3) is 9.13. The number of epoxide rings is 1. The highest BCUT2D eigenvalue weighted by Gasteiger charge is 2.76. The number of nitrogens with one attached hydrogen (secondary N) is 2. The van der Waals surface area contributed by atoms with Gasteiger partial charge in [-0.25, -0.2) is 0 Å². The Balaban J connectivity index is 0.905. The average molecular weight is 926 g/mol. The van der Waals surface area contributed by atoms with Gasteiger partial charge in [-0.1, -0.05) is 109 Å². The van der Waals surface area contributed by atoms with Crippen LogP contribution in [0, 0.1) is 11.3 Å². The highest BCUT2D eigenvalue weighted by molar-refractivity contribution is 5.95. The first-order chi connectivity index (χ1) is 32.8. The van der Waals surface area contributed by atoms with Gasteiger partial charge in [0.2, 0.25) is 11.7 Å². The number of benzene rings is 4. The van der Waals surface area contributed by atoms with Crippen LogP contribution in [0.1, 0.15) is 97.5 Å². The smallest absolute Gasteiger partial charge is 0.327 e. The van der Waals surface area contributed by atoms with Gasteiger partial charge in [0.25, 0.3) is 5.91 Å². The van der Waals surface area contributed by atoms with Crippen LogP contribution < -0.4 is 10.6 Å². The number of aliphatic hydroxyl groups excluding tert-OH is 1. The fourth-order valence-electron chi connectivity index (χ4n) is 10.8. The molecule has 0 aromatic heterocycles. The maximum Gasteiger partial charge on any atom is 0.327 e. The summed E-state index contributed by atoms with van der Waals surface area (Å²) in [6.45, 7) is 5.17. The van der Waals surface area contributed by atoms with Crippen molar-refractivity contribution in [2.24, 2.45) is 11.3 Å². The molecule has 14 heteroatoms. The highest BCUT2D eigenvalue weighted by atomic mass is 16.8. The summed E-state index contributed by atoms with van der Waals surface area (Å²) in [5.74, 6) is -2.78. The molecule has 0 spiro atoms. The molecule has 2 amide bonds. The van der Waals surface area contributed by atoms with Crippen molar-refractivity contribution in [1.82, 2.24) is 15.7 Å². The first-order valence-corrected chi connectivity index (χ1v) is 23.9. The lowest BCUT2D eigenvalue weighted by molar-refractivity contribution is -0.213. The fraction of sp³-hybridized carbons (Fsp3) is 0.444. The van der Waals surface area contributed by atoms with Crippen molar-refractivity contribution in [2.75, 3.05) is 6.61 Å². The van der Waals surface area contributed by atoms with Crippen LogP contribution in [0.2, 0.25) is 0 Å². The maximum absolute atomic E-state index is 15.2. The number of fused-ring (bicyclic) bond motifs is 5. The van der Waals surface area contributed by atoms with Crippen molar-refractivity contribution < 1.29 is 52.8 Å². The number of carbonyl (C=O) groups is 4. The maximum atomic E-state index is 15.2. The number of hydrogen-bond donors (Lipinski definition) is 3. The van der Waals surface area contributed by atoms with Crippen molar-refractivity contribution in [3.63, 3.8) is 0 Å². The molecule has 68 heavy (non-hydrogen) atoms. The van der Waals surface area contributed by atoms with E-state index < -0.39 is 77.1 Å². The van der Waals surface area contributed by atoms with Gasteiger partial charge in [0.15, 0.2) is 6.04 Å². The Morgan fingerprint density at radius 1 is 0.868 bits per heavy atom. The van der Waals surface area contributed by atoms with Crippen molar-refractivity contribution in [3.8, 4) is 0 Å². The van der Waals surface area contributed by atoms with Gasteiger partial charge in [-0.05, 0) is 81.2 Å². The number of rotatable bonds is 15. The molecule has 2 saturated carbocycles. The van der Waals surface area contributed by atoms with E-state index in [0.717, 1.165) is 41.5 Å². The highest BCUT2D eigenvalue weighted by Crippen LogP contribution is 2.59. The summed E-state index contributed by atoms with van der Waals surface area (Å²) < 4.78 is 31.5. The molecular weight excluding hydrogens is 867 g/mol. The van der Waals surface area contributed by atoms with Crippen LogP contribution in [-0.4, -0.2) is 94.8 Å². The van der Waals surface area contributed by atoms with Crippen LogP contribution in [0.15, 0.2) is 115 Å². The Morgan fingerprint density at radius 3 is 2.28 bits per heavy atom. The van der Waals surface area contributed by atoms with E-state index in [4.69, 9.17) is 28.5 Å². The van der Waals surface area contributed by atoms with Gasteiger partial charge >= 0.3 is 11.9 Å². The van der Waals surface area contributed by atoms with E-state index in [9.17, 15) is 19.5 Å². The van der Waals surface area contributed by atoms with E-state index in [0.29, 0.717) is 29.3 Å². The van der Waals surface area contributed by atoms with E-state index in [1.54, 1.807) is 50.1 Å². The van der Waals surface area contributed by atoms with Crippen molar-refractivity contribution >= 4 is 29.8 Å². The molecule has 4 aromatic rings. The van der Waals surface area contributed by atoms with E-state index in [-0.39, 0.29) is 39.0 Å². The number of carbonyl (C=O) groups excluding carboxylic acids is 4. The third-order valence-corrected chi connectivity index (χ3v) is 14.1. The zero-order chi connectivity index (χ0) is 47.2. The Bertz CT molecular complexity index is 2490. The molecule has 4 aromatic carbocycles. The molecule has 356 valence electrons. The molecular formula is C54H59N3O11. The minimum absolute atomic E-state index is 0.0218. The third-order valence-electron chi connectivity index (χ3n) is 14.1. The normalized spacial score (nSPS) is 29.3. The van der Waals surface area contributed by atoms with E-state index in [2.05, 4.69) is 22.8 Å². The summed E-state index contributed by atoms with van der Waals surface area (Å²) in [6.07, 6.45) is 5.50. The molecule has 4 heterocycles. The summed E-state index contributed by atoms with van der Waals surface area (Å²) in [4.78, 5) is 62.4. The molecule has 3 N–H and O–H groups in total. The lowest BCUT2D eigenvalue weighted by Crippen LogP contribution is -2.69. The molecule has 10 atom stereocenters. The van der Waals surface area contributed by atoms with Gasteiger partial charge in [0, 0.05) is 36.1 Å². The predicted molar refractivity (Wildman–Crippen MR) is 248 cm³/mol. The van der Waals surface area contributed by atoms with Crippen molar-refractivity contribution in [3.05, 3.63) is 149 Å². The van der Waals surface area contributed by atoms with Crippen LogP contribution in [0.5, 0.6) is 0 Å². The Kier molecular flexibility index (Phi) is 12.6. The summed E-state index contributed by atoms with van der Waals surface area (Å²) in [6, 6.07) is 32.3. The van der Waals surface area contributed by atoms with Gasteiger partial charge < -0.3 is 39.4 Å². The van der Waals surface area contributed by atoms with E-state index >= 15 is 4.79 Å². The molecule has 0 radical (unpaired) electrons. The van der Waals surface area contributed by atoms with E-state index in [1.807, 2.05) is 84.9 Å². The molecule has 2 aliphatic carbocycles. The number of hydrogen-bond acceptors (Lipinski definition) is 12. The average Bonchev–Trinajstić information content (AvgIpc) is 3.86. The predicted octanol–water partition coefficient (Wildman–Crippen LogP) is 6.28. The Labute approximate surface area is 396 Å². The van der Waals surface area contributed by atoms with Crippen molar-refractivity contribution in [2.45, 2.75) is 132 Å². The quantitative estimate of drug-likeness (QED) is 0.0901. The largest absolute Gasteiger partial charge is 0.460 e. The number of nitrogens with zero attached hydrogens (tertiary/aromatic N) is 1. The van der Waals surface area contributed by atoms with Crippen molar-refractivity contribution in [1.29, 1.82) is 0 Å². The van der Waals surface area contributed by atoms with E-state index in [1.165, 1.54) is 0 Å². The van der Waals surface area contributed by atoms with Crippen LogP contribution in [0.4, 0.5) is 0 Å². The van der Waals surface area contributed by atoms with Gasteiger partial charge in [-0.15, -0.1) is 0 Å². The number of amides is 2. The molecule has 4 aliphatic heterocycles. The number of esters is 2. The molecule has 6 fully saturated rings. The number of hydroxylamine groups is 2. The Morgan fingerprint density at radius 2 is 1.59 bits per heavy atom. The SMILES string of the molecule is CC(C)(C)OC(=O)CC[C@@H](CO)NC(=O)c1cccc(CNC(=O)[C@@]23C[C@H]4OC(=O)[C@@H]2N(Cc2ccc(C=CC5CCC6OC6C5)cc2)O[C@@H]3[C@H]2OC(c3ccccc3)(c3ccccc3)O[C@H]24)c1. The molecule has 10 rings (SSSR count). The molecule has 14 nitrogen and oxygen atoms in total. The minimum atomic E-state index is -1.46. The minimum Gasteiger partial charge on any atom is -0.460 e. The Hall–Kier alpha value is -5.74. The van der Waals surface area contributed by atoms with Crippen LogP contribution in [0.25, 0.3) is 6.08 Å². The lowest BCUT2D eigenvalue weighted by atomic mass is 9.62. The number of aliphatic hydroxyl groups is 1. The second kappa shape index (κ2) is 18.6. The number of ether oxygens (including phenoxy) is 5. The summed E-state index contributed by atoms with van der Waals surface area (Å²) >= 11 is 0. The summed E-state index contributed by atoms with van der Waals surface area (Å²) in [5.41, 5.74) is 2.24. The zero-order valence-corrected chi connectivity index (χ0v) is 38.6. The number of allylic oxidation sites excluding steroid dienone is 1. The topological polar surface area (TPSA) is 174 Å². The second-order valence-electron chi connectivity index (χ2n) is 20.0. The standard InChI is InChI=1S/C54H59N3O11/c1-52(2,3)65-44(59)26-24-40(32-58)56-49(60)37-12-10-11-36(27-37)30-55-51(62)53-29-43-45-46(67-54(66-45,38-13-6-4-7-14-38)39-15-8-5-9-16-39)48(53)68-57(47(53)50(61)64-43)31-35-21-18-33(19-22-35)17-20-34-23-25-41-42(28-34)63-41/h4-22,27,34,40-43,45-48,58H,23-26,28-32H2,1-3H3,(H,55,62)(H,56,60)/t34?,40-,41?,42?,43+,45-,46-,47-,48+,53-/m0/s1. The molecule has 3 unspecified atom stereocenters. The first kappa shape index (κ1) is 46.0. The fourth-order valence-corrected chi connectivity index (χ4v) is 10.8. The van der Waals surface area contributed by atoms with Gasteiger partial charge in [-0.3, -0.25) is 24.0 Å². The van der Waals surface area contributed by atoms with Gasteiger partial charge in [0.1, 0.15) is 35.4 Å². The van der Waals surface area contributed by atoms with Crippen LogP contribution in [0.3, 0.4) is 0 Å². The van der Waals surface area contributed by atoms with Crippen LogP contribution in [-0.2, 0) is 61.8 Å². The van der Waals surface area contributed by atoms with Crippen LogP contribution >= 0.6 is 0 Å². The van der Waals surface area contributed by atoms with Gasteiger partial charge in [-0.2, -0.15) is 5.06 Å². The lowest BCUT2D eigenvalue weighted by Gasteiger charge is -2.48.